The fourth-order valence-electron chi connectivity index (χ4n) is 2.38. The minimum Gasteiger partial charge on any atom is -0.267 e. The van der Waals surface area contributed by atoms with E-state index in [2.05, 4.69) is 15.6 Å². The molecule has 0 saturated carbocycles. The molecule has 136 valence electrons. The maximum atomic E-state index is 12.1. The lowest BCUT2D eigenvalue weighted by atomic mass is 10.2. The minimum absolute atomic E-state index is 0.129. The first kappa shape index (κ1) is 18.3. The number of nitro groups is 1. The minimum atomic E-state index is -0.570. The van der Waals surface area contributed by atoms with Crippen molar-refractivity contribution in [3.8, 4) is 5.69 Å². The summed E-state index contributed by atoms with van der Waals surface area (Å²) in [6, 6.07) is 14.7. The Labute approximate surface area is 159 Å². The van der Waals surface area contributed by atoms with Gasteiger partial charge in [-0.25, -0.2) is 10.1 Å². The fourth-order valence-corrected chi connectivity index (χ4v) is 2.70. The second-order valence-electron chi connectivity index (χ2n) is 5.54. The monoisotopic (exact) mass is 383 g/mol. The molecular weight excluding hydrogens is 370 g/mol. The highest BCUT2D eigenvalue weighted by Gasteiger charge is 2.14. The van der Waals surface area contributed by atoms with Crippen LogP contribution in [0.15, 0.2) is 59.7 Å². The average molecular weight is 384 g/mol. The lowest BCUT2D eigenvalue weighted by Gasteiger charge is -2.02. The molecule has 0 atom stereocenters. The molecule has 1 aromatic heterocycles. The predicted molar refractivity (Wildman–Crippen MR) is 101 cm³/mol. The molecule has 3 aromatic rings. The number of hydrogen-bond acceptors (Lipinski definition) is 5. The highest BCUT2D eigenvalue weighted by Crippen LogP contribution is 2.21. The zero-order valence-corrected chi connectivity index (χ0v) is 14.9. The molecule has 3 rings (SSSR count). The number of halogens is 1. The van der Waals surface area contributed by atoms with Gasteiger partial charge in [0.05, 0.1) is 28.1 Å². The number of nitrogens with one attached hydrogen (secondary N) is 1. The van der Waals surface area contributed by atoms with Crippen molar-refractivity contribution in [3.05, 3.63) is 86.7 Å². The summed E-state index contributed by atoms with van der Waals surface area (Å²) in [5, 5.41) is 19.4. The smallest absolute Gasteiger partial charge is 0.267 e. The average Bonchev–Trinajstić information content (AvgIpc) is 2.97. The molecule has 0 fully saturated rings. The van der Waals surface area contributed by atoms with Gasteiger partial charge in [0.1, 0.15) is 5.15 Å². The van der Waals surface area contributed by atoms with Crippen LogP contribution < -0.4 is 5.43 Å². The summed E-state index contributed by atoms with van der Waals surface area (Å²) in [6.07, 6.45) is 1.39. The lowest BCUT2D eigenvalue weighted by Crippen LogP contribution is -2.17. The number of carbonyl (C=O) groups is 1. The van der Waals surface area contributed by atoms with Gasteiger partial charge in [-0.1, -0.05) is 35.9 Å². The van der Waals surface area contributed by atoms with Gasteiger partial charge in [-0.2, -0.15) is 10.2 Å². The van der Waals surface area contributed by atoms with Crippen LogP contribution in [0.1, 0.15) is 21.6 Å². The van der Waals surface area contributed by atoms with Gasteiger partial charge >= 0.3 is 0 Å². The largest absolute Gasteiger partial charge is 0.271 e. The third kappa shape index (κ3) is 4.01. The van der Waals surface area contributed by atoms with Gasteiger partial charge in [0.25, 0.3) is 11.6 Å². The maximum Gasteiger partial charge on any atom is 0.271 e. The molecule has 27 heavy (non-hydrogen) atoms. The van der Waals surface area contributed by atoms with E-state index in [0.717, 1.165) is 5.69 Å². The van der Waals surface area contributed by atoms with Crippen LogP contribution in [0, 0.1) is 17.0 Å². The summed E-state index contributed by atoms with van der Waals surface area (Å²) >= 11 is 6.37. The first-order valence-electron chi connectivity index (χ1n) is 7.86. The number of amides is 1. The van der Waals surface area contributed by atoms with E-state index in [9.17, 15) is 14.9 Å². The van der Waals surface area contributed by atoms with E-state index in [4.69, 9.17) is 11.6 Å². The third-order valence-electron chi connectivity index (χ3n) is 3.73. The van der Waals surface area contributed by atoms with Crippen molar-refractivity contribution in [1.29, 1.82) is 0 Å². The molecule has 0 unspecified atom stereocenters. The number of non-ortho nitro benzene ring substituents is 1. The molecular formula is C18H14ClN5O3. The molecule has 0 spiro atoms. The van der Waals surface area contributed by atoms with Gasteiger partial charge in [-0.3, -0.25) is 14.9 Å². The molecule has 1 heterocycles. The summed E-state index contributed by atoms with van der Waals surface area (Å²) in [6.45, 7) is 1.77. The van der Waals surface area contributed by atoms with E-state index < -0.39 is 10.8 Å². The molecule has 2 aromatic carbocycles. The van der Waals surface area contributed by atoms with Crippen molar-refractivity contribution < 1.29 is 9.72 Å². The topological polar surface area (TPSA) is 102 Å². The van der Waals surface area contributed by atoms with Crippen LogP contribution in [0.3, 0.4) is 0 Å². The highest BCUT2D eigenvalue weighted by atomic mass is 35.5. The van der Waals surface area contributed by atoms with Crippen LogP contribution in [0.25, 0.3) is 5.69 Å². The Bertz CT molecular complexity index is 1030. The number of nitro benzene ring substituents is 1. The second-order valence-corrected chi connectivity index (χ2v) is 5.90. The lowest BCUT2D eigenvalue weighted by molar-refractivity contribution is -0.384. The number of carbonyl (C=O) groups excluding carboxylic acids is 1. The van der Waals surface area contributed by atoms with Crippen molar-refractivity contribution >= 4 is 29.4 Å². The second kappa shape index (κ2) is 7.79. The number of rotatable bonds is 5. The van der Waals surface area contributed by atoms with Gasteiger partial charge in [0.15, 0.2) is 0 Å². The number of para-hydroxylation sites is 1. The van der Waals surface area contributed by atoms with Gasteiger partial charge in [0.2, 0.25) is 0 Å². The highest BCUT2D eigenvalue weighted by molar-refractivity contribution is 6.32. The zero-order chi connectivity index (χ0) is 19.4. The Morgan fingerprint density at radius 2 is 2.00 bits per heavy atom. The van der Waals surface area contributed by atoms with Gasteiger partial charge in [-0.05, 0) is 25.1 Å². The van der Waals surface area contributed by atoms with E-state index >= 15 is 0 Å². The third-order valence-corrected chi connectivity index (χ3v) is 4.09. The predicted octanol–water partition coefficient (Wildman–Crippen LogP) is 3.51. The maximum absolute atomic E-state index is 12.1. The number of nitrogens with zero attached hydrogens (tertiary/aromatic N) is 4. The van der Waals surface area contributed by atoms with Crippen molar-refractivity contribution in [2.75, 3.05) is 0 Å². The fraction of sp³-hybridized carbons (Fsp3) is 0.0556. The van der Waals surface area contributed by atoms with Crippen molar-refractivity contribution in [2.45, 2.75) is 6.92 Å². The summed E-state index contributed by atoms with van der Waals surface area (Å²) in [4.78, 5) is 22.3. The Morgan fingerprint density at radius 3 is 2.70 bits per heavy atom. The molecule has 0 aliphatic rings. The van der Waals surface area contributed by atoms with Crippen LogP contribution >= 0.6 is 11.6 Å². The molecule has 0 bridgehead atoms. The molecule has 9 heteroatoms. The van der Waals surface area contributed by atoms with Crippen LogP contribution in [0.4, 0.5) is 5.69 Å². The van der Waals surface area contributed by atoms with Gasteiger partial charge < -0.3 is 0 Å². The molecule has 8 nitrogen and oxygen atoms in total. The number of hydrogen-bond donors (Lipinski definition) is 1. The van der Waals surface area contributed by atoms with Crippen molar-refractivity contribution in [1.82, 2.24) is 15.2 Å². The SMILES string of the molecule is Cc1nn(-c2ccccc2)c(Cl)c1/C=N/NC(=O)c1cccc([N+](=O)[O-])c1. The van der Waals surface area contributed by atoms with E-state index in [0.29, 0.717) is 16.4 Å². The molecule has 1 N–H and O–H groups in total. The molecule has 0 saturated heterocycles. The first-order valence-corrected chi connectivity index (χ1v) is 8.23. The first-order chi connectivity index (χ1) is 13.0. The Morgan fingerprint density at radius 1 is 1.26 bits per heavy atom. The van der Waals surface area contributed by atoms with Crippen LogP contribution in [0.5, 0.6) is 0 Å². The standard InChI is InChI=1S/C18H14ClN5O3/c1-12-16(17(19)23(22-12)14-7-3-2-4-8-14)11-20-21-18(25)13-6-5-9-15(10-13)24(26)27/h2-11H,1H3,(H,21,25)/b20-11+. The summed E-state index contributed by atoms with van der Waals surface area (Å²) in [7, 11) is 0. The van der Waals surface area contributed by atoms with Crippen LogP contribution in [-0.2, 0) is 0 Å². The molecule has 0 aliphatic carbocycles. The molecule has 0 radical (unpaired) electrons. The quantitative estimate of drug-likeness (QED) is 0.413. The van der Waals surface area contributed by atoms with Gasteiger partial charge in [0, 0.05) is 17.7 Å². The summed E-state index contributed by atoms with van der Waals surface area (Å²) < 4.78 is 1.57. The normalized spacial score (nSPS) is 10.9. The Hall–Kier alpha value is -3.52. The zero-order valence-electron chi connectivity index (χ0n) is 14.2. The number of hydrazone groups is 1. The summed E-state index contributed by atoms with van der Waals surface area (Å²) in [5.41, 5.74) is 4.28. The van der Waals surface area contributed by atoms with E-state index in [1.807, 2.05) is 30.3 Å². The van der Waals surface area contributed by atoms with Crippen molar-refractivity contribution in [2.24, 2.45) is 5.10 Å². The van der Waals surface area contributed by atoms with E-state index in [1.54, 1.807) is 11.6 Å². The molecule has 1 amide bonds. The Kier molecular flexibility index (Phi) is 5.28. The summed E-state index contributed by atoms with van der Waals surface area (Å²) in [5.74, 6) is -0.570. The van der Waals surface area contributed by atoms with Crippen LogP contribution in [-0.4, -0.2) is 26.8 Å². The number of aryl methyl sites for hydroxylation is 1. The van der Waals surface area contributed by atoms with E-state index in [1.165, 1.54) is 30.5 Å². The van der Waals surface area contributed by atoms with Crippen LogP contribution in [0.2, 0.25) is 5.15 Å². The number of benzene rings is 2. The van der Waals surface area contributed by atoms with E-state index in [-0.39, 0.29) is 11.3 Å². The molecule has 0 aliphatic heterocycles. The van der Waals surface area contributed by atoms with Crippen molar-refractivity contribution in [3.63, 3.8) is 0 Å². The van der Waals surface area contributed by atoms with Gasteiger partial charge in [-0.15, -0.1) is 0 Å². The Balaban J connectivity index is 1.77. The number of aromatic nitrogens is 2.